The fourth-order valence-electron chi connectivity index (χ4n) is 5.17. The van der Waals surface area contributed by atoms with Gasteiger partial charge < -0.3 is 24.6 Å². The van der Waals surface area contributed by atoms with Gasteiger partial charge in [-0.2, -0.15) is 13.2 Å². The van der Waals surface area contributed by atoms with E-state index in [1.165, 1.54) is 11.3 Å². The molecule has 0 saturated carbocycles. The molecule has 40 heavy (non-hydrogen) atoms. The molecule has 1 saturated heterocycles. The Hall–Kier alpha value is -2.61. The van der Waals surface area contributed by atoms with Crippen LogP contribution in [0.1, 0.15) is 58.7 Å². The molecule has 2 aromatic heterocycles. The van der Waals surface area contributed by atoms with Crippen molar-refractivity contribution in [2.75, 3.05) is 40.5 Å². The van der Waals surface area contributed by atoms with Crippen LogP contribution in [0.5, 0.6) is 0 Å². The molecule has 220 valence electrons. The quantitative estimate of drug-likeness (QED) is 0.432. The fraction of sp³-hybridized carbons (Fsp3) is 0.630. The van der Waals surface area contributed by atoms with Crippen molar-refractivity contribution in [2.24, 2.45) is 0 Å². The monoisotopic (exact) mass is 583 g/mol. The summed E-state index contributed by atoms with van der Waals surface area (Å²) in [5.41, 5.74) is 0.257. The Morgan fingerprint density at radius 1 is 1.32 bits per heavy atom. The van der Waals surface area contributed by atoms with E-state index in [4.69, 9.17) is 9.47 Å². The maximum Gasteiger partial charge on any atom is 0.417 e. The molecule has 2 aromatic rings. The van der Waals surface area contributed by atoms with E-state index < -0.39 is 11.7 Å². The van der Waals surface area contributed by atoms with Gasteiger partial charge in [-0.3, -0.25) is 14.6 Å². The molecule has 0 bridgehead atoms. The molecule has 0 aromatic carbocycles. The Kier molecular flexibility index (Phi) is 10.5. The highest BCUT2D eigenvalue weighted by atomic mass is 32.1. The van der Waals surface area contributed by atoms with Crippen molar-refractivity contribution in [3.05, 3.63) is 45.7 Å². The number of hydrogen-bond acceptors (Lipinski definition) is 8. The SMILES string of the molecule is COC1COCCC1NC(CCCN(C)C(=O)c1nccs1)CCC(=O)N1CCc2ncc(C(F)(F)F)cc2C1. The van der Waals surface area contributed by atoms with E-state index in [1.54, 1.807) is 35.5 Å². The van der Waals surface area contributed by atoms with E-state index in [9.17, 15) is 22.8 Å². The lowest BCUT2D eigenvalue weighted by Gasteiger charge is -2.35. The molecular weight excluding hydrogens is 547 g/mol. The smallest absolute Gasteiger partial charge is 0.379 e. The number of amides is 2. The number of ether oxygens (including phenoxy) is 2. The molecule has 13 heteroatoms. The predicted molar refractivity (Wildman–Crippen MR) is 143 cm³/mol. The highest BCUT2D eigenvalue weighted by Gasteiger charge is 2.33. The molecular formula is C27H36F3N5O4S. The summed E-state index contributed by atoms with van der Waals surface area (Å²) in [5, 5.41) is 5.88. The second-order valence-electron chi connectivity index (χ2n) is 10.2. The number of fused-ring (bicyclic) bond motifs is 1. The number of nitrogens with zero attached hydrogens (tertiary/aromatic N) is 4. The second-order valence-corrected chi connectivity index (χ2v) is 11.1. The van der Waals surface area contributed by atoms with Gasteiger partial charge in [0.25, 0.3) is 5.91 Å². The number of alkyl halides is 3. The molecule has 1 N–H and O–H groups in total. The first kappa shape index (κ1) is 30.4. The lowest BCUT2D eigenvalue weighted by atomic mass is 9.99. The molecule has 1 fully saturated rings. The van der Waals surface area contributed by atoms with Crippen LogP contribution in [0.4, 0.5) is 13.2 Å². The number of carbonyl (C=O) groups is 2. The topological polar surface area (TPSA) is 96.9 Å². The van der Waals surface area contributed by atoms with Gasteiger partial charge in [-0.15, -0.1) is 11.3 Å². The van der Waals surface area contributed by atoms with Gasteiger partial charge in [-0.25, -0.2) is 4.98 Å². The molecule has 9 nitrogen and oxygen atoms in total. The number of methoxy groups -OCH3 is 1. The minimum atomic E-state index is -4.48. The Morgan fingerprint density at radius 3 is 2.88 bits per heavy atom. The zero-order valence-corrected chi connectivity index (χ0v) is 23.6. The Balaban J connectivity index is 1.34. The summed E-state index contributed by atoms with van der Waals surface area (Å²) in [5.74, 6) is -0.215. The summed E-state index contributed by atoms with van der Waals surface area (Å²) in [7, 11) is 3.40. The van der Waals surface area contributed by atoms with Gasteiger partial charge in [0.15, 0.2) is 5.01 Å². The van der Waals surface area contributed by atoms with Crippen LogP contribution in [-0.4, -0.2) is 90.2 Å². The van der Waals surface area contributed by atoms with Gasteiger partial charge >= 0.3 is 6.18 Å². The molecule has 0 spiro atoms. The number of halogens is 3. The number of carbonyl (C=O) groups excluding carboxylic acids is 2. The van der Waals surface area contributed by atoms with Gasteiger partial charge in [0.05, 0.1) is 18.3 Å². The first-order valence-corrected chi connectivity index (χ1v) is 14.4. The van der Waals surface area contributed by atoms with Crippen LogP contribution < -0.4 is 5.32 Å². The maximum absolute atomic E-state index is 13.2. The summed E-state index contributed by atoms with van der Waals surface area (Å²) in [4.78, 5) is 37.1. The van der Waals surface area contributed by atoms with Gasteiger partial charge in [0.2, 0.25) is 5.91 Å². The summed E-state index contributed by atoms with van der Waals surface area (Å²) in [6, 6.07) is 1.16. The standard InChI is InChI=1S/C27H36F3N5O4S/c1-34(26(37)25-31-9-13-40-25)10-3-4-20(33-22-8-12-39-17-23(22)38-2)5-6-24(36)35-11-7-21-18(16-35)14-19(15-32-21)27(28,29)30/h9,13-15,20,22-23,33H,3-8,10-12,16-17H2,1-2H3. The van der Waals surface area contributed by atoms with Crippen LogP contribution in [0, 0.1) is 0 Å². The molecule has 4 heterocycles. The van der Waals surface area contributed by atoms with E-state index in [2.05, 4.69) is 15.3 Å². The molecule has 2 aliphatic heterocycles. The number of rotatable bonds is 11. The average molecular weight is 584 g/mol. The number of pyridine rings is 1. The third-order valence-corrected chi connectivity index (χ3v) is 8.25. The van der Waals surface area contributed by atoms with E-state index >= 15 is 0 Å². The van der Waals surface area contributed by atoms with Gasteiger partial charge in [0, 0.05) is 88.8 Å². The van der Waals surface area contributed by atoms with Crippen molar-refractivity contribution in [2.45, 2.75) is 69.4 Å². The van der Waals surface area contributed by atoms with Crippen LogP contribution in [0.25, 0.3) is 0 Å². The van der Waals surface area contributed by atoms with E-state index in [1.807, 2.05) is 0 Å². The molecule has 3 atom stereocenters. The summed E-state index contributed by atoms with van der Waals surface area (Å²) < 4.78 is 50.6. The number of nitrogens with one attached hydrogen (secondary N) is 1. The van der Waals surface area contributed by atoms with Crippen LogP contribution in [-0.2, 0) is 33.4 Å². The second kappa shape index (κ2) is 13.8. The van der Waals surface area contributed by atoms with Crippen molar-refractivity contribution in [3.8, 4) is 0 Å². The third-order valence-electron chi connectivity index (χ3n) is 7.49. The third kappa shape index (κ3) is 7.99. The summed E-state index contributed by atoms with van der Waals surface area (Å²) in [6.07, 6.45) is 1.37. The number of hydrogen-bond donors (Lipinski definition) is 1. The molecule has 2 amide bonds. The fourth-order valence-corrected chi connectivity index (χ4v) is 5.80. The lowest BCUT2D eigenvalue weighted by Crippen LogP contribution is -2.51. The van der Waals surface area contributed by atoms with Crippen molar-refractivity contribution in [1.82, 2.24) is 25.1 Å². The van der Waals surface area contributed by atoms with E-state index in [0.29, 0.717) is 55.4 Å². The lowest BCUT2D eigenvalue weighted by molar-refractivity contribution is -0.137. The van der Waals surface area contributed by atoms with Crippen molar-refractivity contribution >= 4 is 23.2 Å². The highest BCUT2D eigenvalue weighted by Crippen LogP contribution is 2.31. The zero-order valence-electron chi connectivity index (χ0n) is 22.8. The minimum absolute atomic E-state index is 0.0105. The molecule has 0 radical (unpaired) electrons. The molecule has 0 aliphatic carbocycles. The number of aromatic nitrogens is 2. The largest absolute Gasteiger partial charge is 0.417 e. The average Bonchev–Trinajstić information content (AvgIpc) is 3.49. The van der Waals surface area contributed by atoms with Crippen molar-refractivity contribution in [3.63, 3.8) is 0 Å². The van der Waals surface area contributed by atoms with E-state index in [0.717, 1.165) is 31.5 Å². The zero-order chi connectivity index (χ0) is 28.7. The minimum Gasteiger partial charge on any atom is -0.379 e. The molecule has 4 rings (SSSR count). The van der Waals surface area contributed by atoms with Gasteiger partial charge in [-0.1, -0.05) is 0 Å². The van der Waals surface area contributed by atoms with Crippen molar-refractivity contribution < 1.29 is 32.2 Å². The predicted octanol–water partition coefficient (Wildman–Crippen LogP) is 3.54. The normalized spacial score (nSPS) is 20.2. The molecule has 3 unspecified atom stereocenters. The molecule has 2 aliphatic rings. The number of thiazole rings is 1. The summed E-state index contributed by atoms with van der Waals surface area (Å²) in [6.45, 7) is 2.21. The van der Waals surface area contributed by atoms with Gasteiger partial charge in [0.1, 0.15) is 0 Å². The first-order chi connectivity index (χ1) is 19.2. The Morgan fingerprint density at radius 2 is 2.15 bits per heavy atom. The maximum atomic E-state index is 13.2. The Bertz CT molecular complexity index is 1130. The Labute approximate surface area is 236 Å². The summed E-state index contributed by atoms with van der Waals surface area (Å²) >= 11 is 1.31. The van der Waals surface area contributed by atoms with Crippen molar-refractivity contribution in [1.29, 1.82) is 0 Å². The van der Waals surface area contributed by atoms with E-state index in [-0.39, 0.29) is 43.0 Å². The van der Waals surface area contributed by atoms with Gasteiger partial charge in [-0.05, 0) is 37.3 Å². The van der Waals surface area contributed by atoms with Crippen LogP contribution in [0.15, 0.2) is 23.8 Å². The first-order valence-electron chi connectivity index (χ1n) is 13.5. The highest BCUT2D eigenvalue weighted by molar-refractivity contribution is 7.11. The van der Waals surface area contributed by atoms with Crippen LogP contribution in [0.3, 0.4) is 0 Å². The van der Waals surface area contributed by atoms with Crippen LogP contribution >= 0.6 is 11.3 Å². The van der Waals surface area contributed by atoms with Crippen LogP contribution in [0.2, 0.25) is 0 Å².